The Morgan fingerprint density at radius 2 is 1.86 bits per heavy atom. The van der Waals surface area contributed by atoms with Crippen LogP contribution in [0.5, 0.6) is 0 Å². The van der Waals surface area contributed by atoms with E-state index < -0.39 is 10.0 Å². The summed E-state index contributed by atoms with van der Waals surface area (Å²) < 4.78 is 25.1. The van der Waals surface area contributed by atoms with Crippen LogP contribution in [0.2, 0.25) is 0 Å². The Balaban J connectivity index is 1.74. The SMILES string of the molecule is CS(=O)(=O)N1CCN(CCNC(=O)c2ccccc2Br)CC1. The molecule has 0 radical (unpaired) electrons. The molecule has 122 valence electrons. The van der Waals surface area contributed by atoms with E-state index in [0.29, 0.717) is 44.8 Å². The van der Waals surface area contributed by atoms with Crippen LogP contribution < -0.4 is 5.32 Å². The molecule has 0 unspecified atom stereocenters. The number of benzene rings is 1. The van der Waals surface area contributed by atoms with Crippen LogP contribution in [-0.2, 0) is 10.0 Å². The van der Waals surface area contributed by atoms with Crippen molar-refractivity contribution < 1.29 is 13.2 Å². The molecule has 6 nitrogen and oxygen atoms in total. The van der Waals surface area contributed by atoms with Crippen molar-refractivity contribution in [2.24, 2.45) is 0 Å². The fraction of sp³-hybridized carbons (Fsp3) is 0.500. The molecular formula is C14H20BrN3O3S. The molecule has 1 N–H and O–H groups in total. The normalized spacial score (nSPS) is 17.4. The number of nitrogens with zero attached hydrogens (tertiary/aromatic N) is 2. The molecule has 0 atom stereocenters. The molecular weight excluding hydrogens is 370 g/mol. The maximum Gasteiger partial charge on any atom is 0.252 e. The van der Waals surface area contributed by atoms with Gasteiger partial charge >= 0.3 is 0 Å². The highest BCUT2D eigenvalue weighted by Gasteiger charge is 2.23. The van der Waals surface area contributed by atoms with E-state index in [1.54, 1.807) is 6.07 Å². The number of hydrogen-bond acceptors (Lipinski definition) is 4. The van der Waals surface area contributed by atoms with E-state index in [0.717, 1.165) is 4.47 Å². The second-order valence-corrected chi connectivity index (χ2v) is 8.08. The van der Waals surface area contributed by atoms with Gasteiger partial charge in [-0.05, 0) is 28.1 Å². The predicted octanol–water partition coefficient (Wildman–Crippen LogP) is 0.756. The molecule has 1 aromatic rings. The largest absolute Gasteiger partial charge is 0.351 e. The van der Waals surface area contributed by atoms with Crippen molar-refractivity contribution in [2.75, 3.05) is 45.5 Å². The van der Waals surface area contributed by atoms with Gasteiger partial charge in [0.15, 0.2) is 0 Å². The molecule has 0 bridgehead atoms. The van der Waals surface area contributed by atoms with Gasteiger partial charge in [0.1, 0.15) is 0 Å². The minimum Gasteiger partial charge on any atom is -0.351 e. The van der Waals surface area contributed by atoms with Crippen LogP contribution in [0.15, 0.2) is 28.7 Å². The van der Waals surface area contributed by atoms with Crippen molar-refractivity contribution >= 4 is 31.9 Å². The van der Waals surface area contributed by atoms with Gasteiger partial charge in [-0.3, -0.25) is 9.69 Å². The molecule has 2 rings (SSSR count). The zero-order valence-corrected chi connectivity index (χ0v) is 14.9. The molecule has 1 fully saturated rings. The lowest BCUT2D eigenvalue weighted by Crippen LogP contribution is -2.49. The standard InChI is InChI=1S/C14H20BrN3O3S/c1-22(20,21)18-10-8-17(9-11-18)7-6-16-14(19)12-4-2-3-5-13(12)15/h2-5H,6-11H2,1H3,(H,16,19). The summed E-state index contributed by atoms with van der Waals surface area (Å²) in [5.74, 6) is -0.109. The van der Waals surface area contributed by atoms with Crippen molar-refractivity contribution in [1.82, 2.24) is 14.5 Å². The molecule has 8 heteroatoms. The van der Waals surface area contributed by atoms with E-state index in [1.807, 2.05) is 18.2 Å². The number of rotatable bonds is 5. The smallest absolute Gasteiger partial charge is 0.252 e. The van der Waals surface area contributed by atoms with Crippen LogP contribution in [0.1, 0.15) is 10.4 Å². The summed E-state index contributed by atoms with van der Waals surface area (Å²) in [6, 6.07) is 7.29. The zero-order valence-electron chi connectivity index (χ0n) is 12.5. The lowest BCUT2D eigenvalue weighted by molar-refractivity contribution is 0.0944. The Morgan fingerprint density at radius 1 is 1.23 bits per heavy atom. The lowest BCUT2D eigenvalue weighted by atomic mass is 10.2. The average Bonchev–Trinajstić information content (AvgIpc) is 2.47. The summed E-state index contributed by atoms with van der Waals surface area (Å²) in [7, 11) is -3.09. The first-order valence-electron chi connectivity index (χ1n) is 7.08. The Kier molecular flexibility index (Phi) is 5.96. The molecule has 0 aromatic heterocycles. The topological polar surface area (TPSA) is 69.7 Å². The third kappa shape index (κ3) is 4.77. The van der Waals surface area contributed by atoms with Crippen LogP contribution in [0, 0.1) is 0 Å². The number of hydrogen-bond donors (Lipinski definition) is 1. The van der Waals surface area contributed by atoms with E-state index in [1.165, 1.54) is 10.6 Å². The third-order valence-electron chi connectivity index (χ3n) is 3.63. The minimum absolute atomic E-state index is 0.109. The van der Waals surface area contributed by atoms with Gasteiger partial charge in [-0.15, -0.1) is 0 Å². The molecule has 22 heavy (non-hydrogen) atoms. The highest BCUT2D eigenvalue weighted by atomic mass is 79.9. The lowest BCUT2D eigenvalue weighted by Gasteiger charge is -2.33. The molecule has 1 aliphatic rings. The van der Waals surface area contributed by atoms with Gasteiger partial charge in [0, 0.05) is 43.7 Å². The van der Waals surface area contributed by atoms with Gasteiger partial charge in [-0.25, -0.2) is 8.42 Å². The third-order valence-corrected chi connectivity index (χ3v) is 5.63. The quantitative estimate of drug-likeness (QED) is 0.806. The predicted molar refractivity (Wildman–Crippen MR) is 89.3 cm³/mol. The molecule has 0 saturated carbocycles. The summed E-state index contributed by atoms with van der Waals surface area (Å²) >= 11 is 3.36. The van der Waals surface area contributed by atoms with Gasteiger partial charge < -0.3 is 5.32 Å². The highest BCUT2D eigenvalue weighted by Crippen LogP contribution is 2.15. The first kappa shape index (κ1) is 17.4. The highest BCUT2D eigenvalue weighted by molar-refractivity contribution is 9.10. The average molecular weight is 390 g/mol. The van der Waals surface area contributed by atoms with Crippen molar-refractivity contribution in [2.45, 2.75) is 0 Å². The number of sulfonamides is 1. The van der Waals surface area contributed by atoms with Crippen LogP contribution in [0.25, 0.3) is 0 Å². The number of piperazine rings is 1. The van der Waals surface area contributed by atoms with E-state index >= 15 is 0 Å². The van der Waals surface area contributed by atoms with Crippen LogP contribution in [0.4, 0.5) is 0 Å². The first-order chi connectivity index (χ1) is 10.4. The van der Waals surface area contributed by atoms with Crippen LogP contribution in [-0.4, -0.2) is 69.1 Å². The van der Waals surface area contributed by atoms with Crippen LogP contribution >= 0.6 is 15.9 Å². The number of nitrogens with one attached hydrogen (secondary N) is 1. The van der Waals surface area contributed by atoms with Gasteiger partial charge in [-0.2, -0.15) is 4.31 Å². The summed E-state index contributed by atoms with van der Waals surface area (Å²) in [5.41, 5.74) is 0.615. The molecule has 1 amide bonds. The van der Waals surface area contributed by atoms with Gasteiger partial charge in [-0.1, -0.05) is 12.1 Å². The van der Waals surface area contributed by atoms with Gasteiger partial charge in [0.25, 0.3) is 5.91 Å². The van der Waals surface area contributed by atoms with E-state index in [-0.39, 0.29) is 5.91 Å². The summed E-state index contributed by atoms with van der Waals surface area (Å²) in [4.78, 5) is 14.2. The van der Waals surface area contributed by atoms with Gasteiger partial charge in [0.05, 0.1) is 11.8 Å². The number of carbonyl (C=O) groups is 1. The fourth-order valence-corrected chi connectivity index (χ4v) is 3.64. The molecule has 0 aliphatic carbocycles. The summed E-state index contributed by atoms with van der Waals surface area (Å²) in [6.45, 7) is 3.66. The number of carbonyl (C=O) groups excluding carboxylic acids is 1. The van der Waals surface area contributed by atoms with E-state index in [4.69, 9.17) is 0 Å². The first-order valence-corrected chi connectivity index (χ1v) is 9.72. The maximum atomic E-state index is 12.0. The van der Waals surface area contributed by atoms with Crippen molar-refractivity contribution in [3.63, 3.8) is 0 Å². The zero-order chi connectivity index (χ0) is 16.2. The van der Waals surface area contributed by atoms with Crippen LogP contribution in [0.3, 0.4) is 0 Å². The van der Waals surface area contributed by atoms with E-state index in [9.17, 15) is 13.2 Å². The Labute approximate surface area is 139 Å². The Morgan fingerprint density at radius 3 is 2.45 bits per heavy atom. The molecule has 1 heterocycles. The Hall–Kier alpha value is -0.960. The number of halogens is 1. The fourth-order valence-electron chi connectivity index (χ4n) is 2.35. The van der Waals surface area contributed by atoms with Crippen molar-refractivity contribution in [1.29, 1.82) is 0 Å². The second kappa shape index (κ2) is 7.54. The van der Waals surface area contributed by atoms with Gasteiger partial charge in [0.2, 0.25) is 10.0 Å². The molecule has 1 saturated heterocycles. The second-order valence-electron chi connectivity index (χ2n) is 5.24. The molecule has 1 aliphatic heterocycles. The number of amides is 1. The van der Waals surface area contributed by atoms with Crippen molar-refractivity contribution in [3.05, 3.63) is 34.3 Å². The molecule has 1 aromatic carbocycles. The van der Waals surface area contributed by atoms with Crippen molar-refractivity contribution in [3.8, 4) is 0 Å². The van der Waals surface area contributed by atoms with E-state index in [2.05, 4.69) is 26.1 Å². The molecule has 0 spiro atoms. The Bertz CT molecular complexity index is 628. The minimum atomic E-state index is -3.09. The maximum absolute atomic E-state index is 12.0. The monoisotopic (exact) mass is 389 g/mol. The summed E-state index contributed by atoms with van der Waals surface area (Å²) in [5, 5.41) is 2.89. The summed E-state index contributed by atoms with van der Waals surface area (Å²) in [6.07, 6.45) is 1.24.